The van der Waals surface area contributed by atoms with Crippen molar-refractivity contribution in [1.29, 1.82) is 0 Å². The summed E-state index contributed by atoms with van der Waals surface area (Å²) in [6.07, 6.45) is 7.50. The van der Waals surface area contributed by atoms with E-state index in [-0.39, 0.29) is 1.43 Å². The maximum Gasteiger partial charge on any atom is 0 e. The van der Waals surface area contributed by atoms with Crippen molar-refractivity contribution in [1.82, 2.24) is 0 Å². The summed E-state index contributed by atoms with van der Waals surface area (Å²) in [5.74, 6) is 0. The summed E-state index contributed by atoms with van der Waals surface area (Å²) in [4.78, 5) is 0. The average molecular weight is 133 g/mol. The van der Waals surface area contributed by atoms with Crippen molar-refractivity contribution in [3.05, 3.63) is 0 Å². The van der Waals surface area contributed by atoms with Gasteiger partial charge in [0.25, 0.3) is 0 Å². The summed E-state index contributed by atoms with van der Waals surface area (Å²) < 4.78 is 0. The van der Waals surface area contributed by atoms with Gasteiger partial charge in [-0.2, -0.15) is 0 Å². The Balaban J connectivity index is -0.0000000875. The molecule has 0 aromatic heterocycles. The maximum absolute atomic E-state index is 2.00. The molecule has 0 N–H and O–H groups in total. The molecule has 0 aliphatic heterocycles. The van der Waals surface area contributed by atoms with E-state index in [9.17, 15) is 0 Å². The third kappa shape index (κ3) is 11.5. The van der Waals surface area contributed by atoms with Gasteiger partial charge >= 0.3 is 0 Å². The van der Waals surface area contributed by atoms with Gasteiger partial charge in [0.05, 0.1) is 0 Å². The number of hydrogen-bond donors (Lipinski definition) is 0. The van der Waals surface area contributed by atoms with E-state index in [4.69, 9.17) is 0 Å². The van der Waals surface area contributed by atoms with E-state index < -0.39 is 0 Å². The summed E-state index contributed by atoms with van der Waals surface area (Å²) in [6, 6.07) is 0. The van der Waals surface area contributed by atoms with Crippen LogP contribution in [0.5, 0.6) is 0 Å². The molecule has 1 saturated carbocycles. The Hall–Kier alpha value is 0. The maximum atomic E-state index is 2.00. The predicted octanol–water partition coefficient (Wildman–Crippen LogP) is 4.25. The van der Waals surface area contributed by atoms with Gasteiger partial charge in [-0.1, -0.05) is 59.8 Å². The second-order valence-corrected chi connectivity index (χ2v) is 1.77. The molecule has 0 heterocycles. The zero-order valence-corrected chi connectivity index (χ0v) is 7.54. The second kappa shape index (κ2) is 15.7. The monoisotopic (exact) mass is 133 g/mol. The highest BCUT2D eigenvalue weighted by molar-refractivity contribution is 4.51. The van der Waals surface area contributed by atoms with Gasteiger partial charge in [0.1, 0.15) is 0 Å². The van der Waals surface area contributed by atoms with Crippen LogP contribution in [0.3, 0.4) is 0 Å². The fraction of sp³-hybridized carbons (Fsp3) is 1.00. The Morgan fingerprint density at radius 1 is 0.556 bits per heavy atom. The molecule has 0 atom stereocenters. The Morgan fingerprint density at radius 3 is 0.778 bits per heavy atom. The third-order valence-corrected chi connectivity index (χ3v) is 1.25. The molecule has 1 aliphatic rings. The lowest BCUT2D eigenvalue weighted by Gasteiger charge is -1.67. The highest BCUT2D eigenvalue weighted by atomic mass is 14.0. The van der Waals surface area contributed by atoms with Gasteiger partial charge in [-0.05, 0) is 0 Å². The van der Waals surface area contributed by atoms with E-state index in [0.29, 0.717) is 0 Å². The van der Waals surface area contributed by atoms with Gasteiger partial charge in [-0.25, -0.2) is 0 Å². The molecule has 1 aliphatic carbocycles. The predicted molar refractivity (Wildman–Crippen MR) is 47.9 cm³/mol. The molecule has 0 amide bonds. The van der Waals surface area contributed by atoms with E-state index in [0.717, 1.165) is 0 Å². The Morgan fingerprint density at radius 2 is 0.667 bits per heavy atom. The zero-order valence-electron chi connectivity index (χ0n) is 7.54. The normalized spacial score (nSPS) is 14.7. The molecule has 0 saturated heterocycles. The van der Waals surface area contributed by atoms with E-state index in [1.165, 1.54) is 32.1 Å². The minimum atomic E-state index is 0. The standard InChI is InChI=1S/C5H10.2C2H6.H2/c1-2-4-5-3-1;2*1-2;/h1-5H2;2*1-2H3;1H/i;;;1+1. The third-order valence-electron chi connectivity index (χ3n) is 1.25. The van der Waals surface area contributed by atoms with Gasteiger partial charge in [0.15, 0.2) is 0 Å². The van der Waals surface area contributed by atoms with Crippen molar-refractivity contribution < 1.29 is 1.43 Å². The summed E-state index contributed by atoms with van der Waals surface area (Å²) >= 11 is 0. The zero-order chi connectivity index (χ0) is 7.54. The van der Waals surface area contributed by atoms with E-state index >= 15 is 0 Å². The fourth-order valence-corrected chi connectivity index (χ4v) is 0.884. The van der Waals surface area contributed by atoms with E-state index in [1.807, 2.05) is 27.7 Å². The van der Waals surface area contributed by atoms with Crippen molar-refractivity contribution in [2.75, 3.05) is 0 Å². The van der Waals surface area contributed by atoms with Gasteiger partial charge < -0.3 is 0 Å². The first kappa shape index (κ1) is 11.8. The van der Waals surface area contributed by atoms with Crippen LogP contribution in [-0.4, -0.2) is 0 Å². The van der Waals surface area contributed by atoms with Crippen LogP contribution >= 0.6 is 0 Å². The molecule has 0 heteroatoms. The molecule has 0 radical (unpaired) electrons. The first-order valence-corrected chi connectivity index (χ1v) is 4.50. The van der Waals surface area contributed by atoms with Crippen LogP contribution in [0.4, 0.5) is 0 Å². The van der Waals surface area contributed by atoms with Crippen LogP contribution in [0, 0.1) is 0 Å². The summed E-state index contributed by atoms with van der Waals surface area (Å²) in [6.45, 7) is 8.00. The molecular formula is C9H24. The van der Waals surface area contributed by atoms with Gasteiger partial charge in [-0.3, -0.25) is 0 Å². The Bertz CT molecular complexity index is 16.3. The van der Waals surface area contributed by atoms with Crippen LogP contribution in [0.25, 0.3) is 0 Å². The minimum absolute atomic E-state index is 0. The van der Waals surface area contributed by atoms with Gasteiger partial charge in [-0.15, -0.1) is 0 Å². The fourth-order valence-electron chi connectivity index (χ4n) is 0.884. The number of rotatable bonds is 0. The molecule has 0 aromatic carbocycles. The lowest BCUT2D eigenvalue weighted by molar-refractivity contribution is 0.886. The van der Waals surface area contributed by atoms with Crippen LogP contribution in [-0.2, 0) is 0 Å². The van der Waals surface area contributed by atoms with Crippen molar-refractivity contribution in [2.45, 2.75) is 59.8 Å². The van der Waals surface area contributed by atoms with Crippen LogP contribution < -0.4 is 0 Å². The molecule has 0 unspecified atom stereocenters. The number of hydrogen-bond acceptors (Lipinski definition) is 0. The topological polar surface area (TPSA) is 0 Å². The quantitative estimate of drug-likeness (QED) is 0.463. The summed E-state index contributed by atoms with van der Waals surface area (Å²) in [5, 5.41) is 0. The molecule has 60 valence electrons. The molecule has 0 aromatic rings. The van der Waals surface area contributed by atoms with Gasteiger partial charge in [0, 0.05) is 1.43 Å². The van der Waals surface area contributed by atoms with E-state index in [2.05, 4.69) is 0 Å². The van der Waals surface area contributed by atoms with Crippen LogP contribution in [0.2, 0.25) is 0 Å². The van der Waals surface area contributed by atoms with E-state index in [1.54, 1.807) is 0 Å². The first-order chi connectivity index (χ1) is 4.50. The summed E-state index contributed by atoms with van der Waals surface area (Å²) in [7, 11) is 0. The lowest BCUT2D eigenvalue weighted by atomic mass is 10.4. The average Bonchev–Trinajstić information content (AvgIpc) is 2.51. The highest BCUT2D eigenvalue weighted by Crippen LogP contribution is 2.15. The molecular weight excluding hydrogens is 108 g/mol. The first-order valence-electron chi connectivity index (χ1n) is 4.50. The summed E-state index contributed by atoms with van der Waals surface area (Å²) in [5.41, 5.74) is 0. The molecule has 0 bridgehead atoms. The second-order valence-electron chi connectivity index (χ2n) is 1.77. The molecule has 0 spiro atoms. The Kier molecular flexibility index (Phi) is 20.5. The molecule has 1 fully saturated rings. The lowest BCUT2D eigenvalue weighted by Crippen LogP contribution is -1.47. The van der Waals surface area contributed by atoms with Gasteiger partial charge in [0.2, 0.25) is 0 Å². The van der Waals surface area contributed by atoms with Crippen molar-refractivity contribution in [2.24, 2.45) is 0 Å². The van der Waals surface area contributed by atoms with Crippen LogP contribution in [0.15, 0.2) is 0 Å². The molecule has 9 heavy (non-hydrogen) atoms. The molecule has 1 rings (SSSR count). The Labute approximate surface area is 62.1 Å². The van der Waals surface area contributed by atoms with Crippen molar-refractivity contribution in [3.63, 3.8) is 0 Å². The highest BCUT2D eigenvalue weighted by Gasteiger charge is 1.95. The van der Waals surface area contributed by atoms with Crippen LogP contribution in [0.1, 0.15) is 61.2 Å². The van der Waals surface area contributed by atoms with Crippen molar-refractivity contribution >= 4 is 0 Å². The largest absolute Gasteiger partial charge is 0.0683 e. The minimum Gasteiger partial charge on any atom is -0.0683 e. The SMILES string of the molecule is C1CCCC1.CC.CC.[2HH]. The smallest absolute Gasteiger partial charge is 0 e. The van der Waals surface area contributed by atoms with Crippen molar-refractivity contribution in [3.8, 4) is 0 Å². The molecule has 0 nitrogen and oxygen atoms in total.